The highest BCUT2D eigenvalue weighted by molar-refractivity contribution is 5.90. The zero-order valence-electron chi connectivity index (χ0n) is 19.8. The van der Waals surface area contributed by atoms with Gasteiger partial charge in [-0.3, -0.25) is 14.4 Å². The molecule has 1 N–H and O–H groups in total. The molecule has 2 aromatic rings. The minimum Gasteiger partial charge on any atom is -0.461 e. The molecule has 0 radical (unpaired) electrons. The first kappa shape index (κ1) is 24.4. The number of amides is 2. The van der Waals surface area contributed by atoms with E-state index in [2.05, 4.69) is 15.6 Å². The van der Waals surface area contributed by atoms with Gasteiger partial charge in [-0.15, -0.1) is 5.10 Å². The molecule has 2 aliphatic rings. The van der Waals surface area contributed by atoms with Crippen molar-refractivity contribution in [1.29, 1.82) is 0 Å². The van der Waals surface area contributed by atoms with Gasteiger partial charge in [-0.1, -0.05) is 5.21 Å². The lowest BCUT2D eigenvalue weighted by Crippen LogP contribution is -2.35. The number of rotatable bonds is 8. The average molecular weight is 489 g/mol. The molecule has 0 unspecified atom stereocenters. The third-order valence-electron chi connectivity index (χ3n) is 6.12. The Morgan fingerprint density at radius 3 is 2.74 bits per heavy atom. The average Bonchev–Trinajstić information content (AvgIpc) is 3.45. The summed E-state index contributed by atoms with van der Waals surface area (Å²) in [4.78, 5) is 38.4. The fourth-order valence-corrected chi connectivity index (χ4v) is 4.32. The van der Waals surface area contributed by atoms with E-state index in [1.165, 1.54) is 17.9 Å². The lowest BCUT2D eigenvalue weighted by Gasteiger charge is -2.34. The van der Waals surface area contributed by atoms with Crippen LogP contribution in [0.15, 0.2) is 24.4 Å². The van der Waals surface area contributed by atoms with Crippen molar-refractivity contribution in [2.24, 2.45) is 5.92 Å². The van der Waals surface area contributed by atoms with E-state index in [0.29, 0.717) is 36.9 Å². The molecule has 1 aromatic carbocycles. The van der Waals surface area contributed by atoms with Crippen molar-refractivity contribution in [1.82, 2.24) is 20.3 Å². The molecule has 2 amide bonds. The summed E-state index contributed by atoms with van der Waals surface area (Å²) in [5.41, 5.74) is 1.09. The number of cyclic esters (lactones) is 1. The van der Waals surface area contributed by atoms with Crippen LogP contribution in [0.3, 0.4) is 0 Å². The van der Waals surface area contributed by atoms with Gasteiger partial charge in [-0.25, -0.2) is 14.0 Å². The van der Waals surface area contributed by atoms with Crippen LogP contribution in [0.25, 0.3) is 0 Å². The van der Waals surface area contributed by atoms with E-state index in [0.717, 1.165) is 12.8 Å². The van der Waals surface area contributed by atoms with Gasteiger partial charge in [0.2, 0.25) is 5.91 Å². The number of ether oxygens (including phenoxy) is 2. The predicted octanol–water partition coefficient (Wildman–Crippen LogP) is 1.97. The monoisotopic (exact) mass is 488 g/mol. The number of anilines is 2. The van der Waals surface area contributed by atoms with Crippen LogP contribution in [-0.2, 0) is 20.8 Å². The van der Waals surface area contributed by atoms with E-state index in [1.807, 2.05) is 4.90 Å². The van der Waals surface area contributed by atoms with Gasteiger partial charge in [0, 0.05) is 26.6 Å². The summed E-state index contributed by atoms with van der Waals surface area (Å²) in [6.45, 7) is 5.83. The van der Waals surface area contributed by atoms with Gasteiger partial charge >= 0.3 is 12.1 Å². The largest absolute Gasteiger partial charge is 0.461 e. The maximum absolute atomic E-state index is 15.0. The molecule has 11 nitrogen and oxygen atoms in total. The first-order chi connectivity index (χ1) is 16.8. The number of esters is 1. The lowest BCUT2D eigenvalue weighted by atomic mass is 9.96. The molecule has 4 rings (SSSR count). The number of benzene rings is 1. The van der Waals surface area contributed by atoms with E-state index in [4.69, 9.17) is 9.47 Å². The predicted molar refractivity (Wildman–Crippen MR) is 124 cm³/mol. The number of halogens is 1. The summed E-state index contributed by atoms with van der Waals surface area (Å²) >= 11 is 0. The van der Waals surface area contributed by atoms with Gasteiger partial charge in [0.25, 0.3) is 0 Å². The number of hydrogen-bond donors (Lipinski definition) is 1. The Morgan fingerprint density at radius 1 is 1.29 bits per heavy atom. The van der Waals surface area contributed by atoms with Crippen molar-refractivity contribution in [3.63, 3.8) is 0 Å². The van der Waals surface area contributed by atoms with E-state index in [1.54, 1.807) is 29.9 Å². The number of nitrogens with one attached hydrogen (secondary N) is 1. The van der Waals surface area contributed by atoms with Gasteiger partial charge in [-0.2, -0.15) is 0 Å². The molecule has 2 saturated heterocycles. The van der Waals surface area contributed by atoms with Crippen molar-refractivity contribution in [2.45, 2.75) is 39.3 Å². The molecule has 0 bridgehead atoms. The molecule has 3 heterocycles. The summed E-state index contributed by atoms with van der Waals surface area (Å²) in [6.07, 6.45) is 2.21. The molecule has 1 atom stereocenters. The second-order valence-electron chi connectivity index (χ2n) is 8.67. The van der Waals surface area contributed by atoms with Crippen LogP contribution in [0.2, 0.25) is 0 Å². The first-order valence-corrected chi connectivity index (χ1v) is 11.7. The third kappa shape index (κ3) is 5.87. The van der Waals surface area contributed by atoms with Gasteiger partial charge < -0.3 is 19.7 Å². The molecule has 188 valence electrons. The van der Waals surface area contributed by atoms with Gasteiger partial charge in [0.1, 0.15) is 11.9 Å². The topological polar surface area (TPSA) is 119 Å². The number of carbonyl (C=O) groups excluding carboxylic acids is 3. The van der Waals surface area contributed by atoms with Gasteiger partial charge in [0.15, 0.2) is 5.69 Å². The Kier molecular flexibility index (Phi) is 7.47. The maximum Gasteiger partial charge on any atom is 0.414 e. The molecule has 1 aromatic heterocycles. The molecule has 0 saturated carbocycles. The zero-order chi connectivity index (χ0) is 24.9. The van der Waals surface area contributed by atoms with Crippen LogP contribution in [0.5, 0.6) is 0 Å². The van der Waals surface area contributed by atoms with Crippen LogP contribution in [-0.4, -0.2) is 71.9 Å². The Balaban J connectivity index is 1.31. The molecule has 0 spiro atoms. The minimum atomic E-state index is -0.562. The van der Waals surface area contributed by atoms with Crippen molar-refractivity contribution in [3.05, 3.63) is 35.9 Å². The van der Waals surface area contributed by atoms with Crippen molar-refractivity contribution < 1.29 is 28.2 Å². The lowest BCUT2D eigenvalue weighted by molar-refractivity contribution is -0.119. The fraction of sp³-hybridized carbons (Fsp3) is 0.522. The summed E-state index contributed by atoms with van der Waals surface area (Å²) in [7, 11) is 0. The quantitative estimate of drug-likeness (QED) is 0.561. The smallest absolute Gasteiger partial charge is 0.414 e. The zero-order valence-corrected chi connectivity index (χ0v) is 19.8. The molecular formula is C23H29FN6O5. The van der Waals surface area contributed by atoms with E-state index in [9.17, 15) is 14.4 Å². The Labute approximate surface area is 202 Å². The van der Waals surface area contributed by atoms with Crippen LogP contribution in [0.4, 0.5) is 20.6 Å². The van der Waals surface area contributed by atoms with Gasteiger partial charge in [0.05, 0.1) is 37.3 Å². The molecular weight excluding hydrogens is 459 g/mol. The van der Waals surface area contributed by atoms with Crippen molar-refractivity contribution in [2.75, 3.05) is 42.6 Å². The van der Waals surface area contributed by atoms with Crippen LogP contribution in [0, 0.1) is 11.7 Å². The minimum absolute atomic E-state index is 0.190. The summed E-state index contributed by atoms with van der Waals surface area (Å²) < 4.78 is 26.8. The van der Waals surface area contributed by atoms with Crippen LogP contribution in [0.1, 0.15) is 37.2 Å². The fourth-order valence-electron chi connectivity index (χ4n) is 4.32. The molecule has 12 heteroatoms. The summed E-state index contributed by atoms with van der Waals surface area (Å²) in [5, 5.41) is 10.5. The normalized spacial score (nSPS) is 18.5. The molecule has 0 aliphatic carbocycles. The van der Waals surface area contributed by atoms with Crippen molar-refractivity contribution in [3.8, 4) is 0 Å². The van der Waals surface area contributed by atoms with Crippen molar-refractivity contribution >= 4 is 29.3 Å². The number of piperidine rings is 1. The Bertz CT molecular complexity index is 1080. The van der Waals surface area contributed by atoms with E-state index in [-0.39, 0.29) is 31.3 Å². The highest BCUT2D eigenvalue weighted by Gasteiger charge is 2.33. The standard InChI is InChI=1S/C23H29FN6O5/c1-3-34-22(32)20-14-29(27-26-20)12-16-6-8-28(9-7-16)21-5-4-17(10-19(21)24)30-13-18(35-23(30)33)11-25-15(2)31/h4-5,10,14,16,18H,3,6-9,11-13H2,1-2H3,(H,25,31)/t18-/m0/s1. The molecule has 35 heavy (non-hydrogen) atoms. The molecule has 2 aliphatic heterocycles. The SMILES string of the molecule is CCOC(=O)c1cn(CC2CCN(c3ccc(N4C[C@H](CNC(C)=O)OC4=O)cc3F)CC2)nn1. The van der Waals surface area contributed by atoms with Crippen LogP contribution < -0.4 is 15.1 Å². The molecule has 2 fully saturated rings. The Morgan fingerprint density at radius 2 is 2.06 bits per heavy atom. The van der Waals surface area contributed by atoms with Crippen LogP contribution >= 0.6 is 0 Å². The van der Waals surface area contributed by atoms with E-state index < -0.39 is 24.0 Å². The van der Waals surface area contributed by atoms with E-state index >= 15 is 4.39 Å². The third-order valence-corrected chi connectivity index (χ3v) is 6.12. The first-order valence-electron chi connectivity index (χ1n) is 11.7. The maximum atomic E-state index is 15.0. The number of aromatic nitrogens is 3. The highest BCUT2D eigenvalue weighted by atomic mass is 19.1. The second-order valence-corrected chi connectivity index (χ2v) is 8.67. The Hall–Kier alpha value is -3.70. The summed E-state index contributed by atoms with van der Waals surface area (Å²) in [6, 6.07) is 4.73. The number of carbonyl (C=O) groups is 3. The van der Waals surface area contributed by atoms with Gasteiger partial charge in [-0.05, 0) is 43.9 Å². The second kappa shape index (κ2) is 10.7. The highest BCUT2D eigenvalue weighted by Crippen LogP contribution is 2.30. The number of hydrogen-bond acceptors (Lipinski definition) is 8. The number of nitrogens with zero attached hydrogens (tertiary/aromatic N) is 5. The summed E-state index contributed by atoms with van der Waals surface area (Å²) in [5.74, 6) is -0.779.